The molecule has 0 unspecified atom stereocenters. The summed E-state index contributed by atoms with van der Waals surface area (Å²) >= 11 is 5.95. The molecule has 20 heavy (non-hydrogen) atoms. The summed E-state index contributed by atoms with van der Waals surface area (Å²) in [5.41, 5.74) is -0.207. The van der Waals surface area contributed by atoms with Gasteiger partial charge in [-0.1, -0.05) is 17.7 Å². The van der Waals surface area contributed by atoms with Crippen molar-refractivity contribution in [1.82, 2.24) is 4.72 Å². The normalized spacial score (nSPS) is 15.1. The first kappa shape index (κ1) is 17.4. The van der Waals surface area contributed by atoms with Gasteiger partial charge in [0.2, 0.25) is 10.0 Å². The molecular formula is C13H20ClNO4S. The van der Waals surface area contributed by atoms with Crippen molar-refractivity contribution in [2.75, 3.05) is 27.4 Å². The van der Waals surface area contributed by atoms with Crippen molar-refractivity contribution in [3.8, 4) is 0 Å². The third-order valence-electron chi connectivity index (χ3n) is 3.09. The number of halogens is 1. The standard InChI is InChI=1S/C13H20ClNO4S/c1-10-11(14)6-5-7-12(10)20(16,17)15-8-13(2,19-4)9-18-3/h5-7,15H,8-9H2,1-4H3/t13-/m1/s1. The van der Waals surface area contributed by atoms with E-state index >= 15 is 0 Å². The van der Waals surface area contributed by atoms with E-state index in [1.54, 1.807) is 26.0 Å². The van der Waals surface area contributed by atoms with Crippen LogP contribution >= 0.6 is 11.6 Å². The molecule has 0 aliphatic carbocycles. The number of rotatable bonds is 7. The zero-order valence-electron chi connectivity index (χ0n) is 12.1. The SMILES string of the molecule is COC[C@@](C)(CNS(=O)(=O)c1cccc(Cl)c1C)OC. The van der Waals surface area contributed by atoms with Crippen molar-refractivity contribution in [2.24, 2.45) is 0 Å². The fourth-order valence-electron chi connectivity index (χ4n) is 1.69. The van der Waals surface area contributed by atoms with E-state index in [0.29, 0.717) is 10.6 Å². The van der Waals surface area contributed by atoms with Gasteiger partial charge in [0.1, 0.15) is 5.60 Å². The number of benzene rings is 1. The molecule has 0 amide bonds. The molecule has 0 saturated heterocycles. The first-order chi connectivity index (χ1) is 9.25. The molecule has 1 rings (SSSR count). The molecule has 0 spiro atoms. The maximum atomic E-state index is 12.3. The summed E-state index contributed by atoms with van der Waals surface area (Å²) in [6, 6.07) is 4.78. The van der Waals surface area contributed by atoms with Crippen LogP contribution in [0.5, 0.6) is 0 Å². The third kappa shape index (κ3) is 4.17. The van der Waals surface area contributed by atoms with Crippen LogP contribution in [0.3, 0.4) is 0 Å². The zero-order valence-corrected chi connectivity index (χ0v) is 13.6. The second kappa shape index (κ2) is 6.87. The molecule has 0 aliphatic rings. The van der Waals surface area contributed by atoms with E-state index in [4.69, 9.17) is 21.1 Å². The Morgan fingerprint density at radius 2 is 2.00 bits per heavy atom. The van der Waals surface area contributed by atoms with Gasteiger partial charge in [-0.25, -0.2) is 13.1 Å². The lowest BCUT2D eigenvalue weighted by Crippen LogP contribution is -2.45. The summed E-state index contributed by atoms with van der Waals surface area (Å²) in [4.78, 5) is 0.167. The van der Waals surface area contributed by atoms with Gasteiger partial charge >= 0.3 is 0 Å². The number of sulfonamides is 1. The molecule has 0 aliphatic heterocycles. The van der Waals surface area contributed by atoms with E-state index in [2.05, 4.69) is 4.72 Å². The third-order valence-corrected chi connectivity index (χ3v) is 5.04. The highest BCUT2D eigenvalue weighted by atomic mass is 35.5. The molecule has 0 aromatic heterocycles. The first-order valence-electron chi connectivity index (χ1n) is 6.04. The monoisotopic (exact) mass is 321 g/mol. The predicted molar refractivity (Wildman–Crippen MR) is 78.7 cm³/mol. The Hall–Kier alpha value is -0.660. The molecule has 0 bridgehead atoms. The summed E-state index contributed by atoms with van der Waals surface area (Å²) in [5, 5.41) is 0.416. The Kier molecular flexibility index (Phi) is 5.97. The predicted octanol–water partition coefficient (Wildman–Crippen LogP) is 1.98. The summed E-state index contributed by atoms with van der Waals surface area (Å²) in [6.07, 6.45) is 0. The maximum Gasteiger partial charge on any atom is 0.240 e. The van der Waals surface area contributed by atoms with Gasteiger partial charge in [0, 0.05) is 25.8 Å². The van der Waals surface area contributed by atoms with Gasteiger partial charge in [0.15, 0.2) is 0 Å². The lowest BCUT2D eigenvalue weighted by atomic mass is 10.1. The van der Waals surface area contributed by atoms with Gasteiger partial charge in [-0.15, -0.1) is 0 Å². The van der Waals surface area contributed by atoms with Crippen LogP contribution in [-0.4, -0.2) is 41.4 Å². The van der Waals surface area contributed by atoms with Crippen LogP contribution < -0.4 is 4.72 Å². The van der Waals surface area contributed by atoms with E-state index in [0.717, 1.165) is 0 Å². The topological polar surface area (TPSA) is 64.6 Å². The molecule has 114 valence electrons. The highest BCUT2D eigenvalue weighted by Gasteiger charge is 2.27. The van der Waals surface area contributed by atoms with Crippen molar-refractivity contribution >= 4 is 21.6 Å². The van der Waals surface area contributed by atoms with Gasteiger partial charge in [-0.05, 0) is 31.5 Å². The van der Waals surface area contributed by atoms with E-state index in [-0.39, 0.29) is 18.0 Å². The van der Waals surface area contributed by atoms with E-state index in [1.165, 1.54) is 20.3 Å². The molecule has 7 heteroatoms. The Labute approximate surface area is 125 Å². The zero-order chi connectivity index (χ0) is 15.4. The minimum absolute atomic E-state index is 0.103. The average molecular weight is 322 g/mol. The van der Waals surface area contributed by atoms with Crippen LogP contribution in [0.25, 0.3) is 0 Å². The van der Waals surface area contributed by atoms with Gasteiger partial charge in [0.05, 0.1) is 11.5 Å². The van der Waals surface area contributed by atoms with Crippen molar-refractivity contribution < 1.29 is 17.9 Å². The Balaban J connectivity index is 2.93. The van der Waals surface area contributed by atoms with Crippen molar-refractivity contribution in [3.05, 3.63) is 28.8 Å². The van der Waals surface area contributed by atoms with Crippen LogP contribution in [0.1, 0.15) is 12.5 Å². The van der Waals surface area contributed by atoms with Crippen molar-refractivity contribution in [3.63, 3.8) is 0 Å². The average Bonchev–Trinajstić information content (AvgIpc) is 2.40. The van der Waals surface area contributed by atoms with Gasteiger partial charge in [-0.2, -0.15) is 0 Å². The summed E-state index contributed by atoms with van der Waals surface area (Å²) in [6.45, 7) is 3.82. The summed E-state index contributed by atoms with van der Waals surface area (Å²) in [5.74, 6) is 0. The van der Waals surface area contributed by atoms with Gasteiger partial charge in [0.25, 0.3) is 0 Å². The molecule has 5 nitrogen and oxygen atoms in total. The van der Waals surface area contributed by atoms with Crippen LogP contribution in [0.2, 0.25) is 5.02 Å². The molecule has 1 aromatic rings. The Bertz CT molecular complexity index is 561. The molecule has 0 heterocycles. The number of ether oxygens (including phenoxy) is 2. The van der Waals surface area contributed by atoms with Crippen LogP contribution in [0.15, 0.2) is 23.1 Å². The molecule has 1 atom stereocenters. The first-order valence-corrected chi connectivity index (χ1v) is 7.91. The van der Waals surface area contributed by atoms with Crippen molar-refractivity contribution in [2.45, 2.75) is 24.3 Å². The van der Waals surface area contributed by atoms with Crippen molar-refractivity contribution in [1.29, 1.82) is 0 Å². The molecular weight excluding hydrogens is 302 g/mol. The lowest BCUT2D eigenvalue weighted by Gasteiger charge is -2.27. The van der Waals surface area contributed by atoms with Crippen LogP contribution in [0, 0.1) is 6.92 Å². The van der Waals surface area contributed by atoms with Gasteiger partial charge in [-0.3, -0.25) is 0 Å². The Morgan fingerprint density at radius 1 is 1.35 bits per heavy atom. The molecule has 1 aromatic carbocycles. The highest BCUT2D eigenvalue weighted by molar-refractivity contribution is 7.89. The second-order valence-corrected chi connectivity index (χ2v) is 6.92. The fourth-order valence-corrected chi connectivity index (χ4v) is 3.34. The minimum atomic E-state index is -3.65. The second-order valence-electron chi connectivity index (χ2n) is 4.77. The maximum absolute atomic E-state index is 12.3. The number of nitrogens with one attached hydrogen (secondary N) is 1. The Morgan fingerprint density at radius 3 is 2.55 bits per heavy atom. The largest absolute Gasteiger partial charge is 0.382 e. The number of hydrogen-bond acceptors (Lipinski definition) is 4. The highest BCUT2D eigenvalue weighted by Crippen LogP contribution is 2.23. The van der Waals surface area contributed by atoms with E-state index in [9.17, 15) is 8.42 Å². The van der Waals surface area contributed by atoms with E-state index < -0.39 is 15.6 Å². The summed E-state index contributed by atoms with van der Waals surface area (Å²) < 4.78 is 37.5. The van der Waals surface area contributed by atoms with Crippen LogP contribution in [-0.2, 0) is 19.5 Å². The fraction of sp³-hybridized carbons (Fsp3) is 0.538. The quantitative estimate of drug-likeness (QED) is 0.834. The lowest BCUT2D eigenvalue weighted by molar-refractivity contribution is -0.0460. The minimum Gasteiger partial charge on any atom is -0.382 e. The van der Waals surface area contributed by atoms with Crippen LogP contribution in [0.4, 0.5) is 0 Å². The van der Waals surface area contributed by atoms with Gasteiger partial charge < -0.3 is 9.47 Å². The molecule has 1 N–H and O–H groups in total. The molecule has 0 saturated carbocycles. The smallest absolute Gasteiger partial charge is 0.240 e. The van der Waals surface area contributed by atoms with E-state index in [1.807, 2.05) is 0 Å². The number of hydrogen-bond donors (Lipinski definition) is 1. The molecule has 0 radical (unpaired) electrons. The summed E-state index contributed by atoms with van der Waals surface area (Å²) in [7, 11) is -0.599. The molecule has 0 fully saturated rings. The number of methoxy groups -OCH3 is 2.